The van der Waals surface area contributed by atoms with Gasteiger partial charge in [0.25, 0.3) is 0 Å². The second-order valence-electron chi connectivity index (χ2n) is 4.27. The Morgan fingerprint density at radius 3 is 2.68 bits per heavy atom. The maximum atomic E-state index is 7.45. The van der Waals surface area contributed by atoms with Crippen LogP contribution in [0.1, 0.15) is 16.7 Å². The Bertz CT molecular complexity index is 611. The molecule has 98 valence electrons. The molecule has 3 N–H and O–H groups in total. The Morgan fingerprint density at radius 2 is 2.00 bits per heavy atom. The van der Waals surface area contributed by atoms with Crippen LogP contribution in [0.3, 0.4) is 0 Å². The van der Waals surface area contributed by atoms with Crippen molar-refractivity contribution < 1.29 is 4.74 Å². The molecule has 2 aromatic carbocycles. The molecular formula is C15H15BrN2O. The van der Waals surface area contributed by atoms with Crippen molar-refractivity contribution in [2.45, 2.75) is 13.5 Å². The second-order valence-corrected chi connectivity index (χ2v) is 5.13. The summed E-state index contributed by atoms with van der Waals surface area (Å²) in [6.07, 6.45) is 0. The number of halogens is 1. The molecule has 0 saturated heterocycles. The molecule has 0 saturated carbocycles. The Balaban J connectivity index is 2.17. The fourth-order valence-corrected chi connectivity index (χ4v) is 2.09. The molecule has 0 fully saturated rings. The number of hydrogen-bond donors (Lipinski definition) is 2. The monoisotopic (exact) mass is 318 g/mol. The van der Waals surface area contributed by atoms with E-state index in [1.54, 1.807) is 6.07 Å². The molecule has 0 radical (unpaired) electrons. The number of ether oxygens (including phenoxy) is 1. The van der Waals surface area contributed by atoms with Crippen molar-refractivity contribution in [3.05, 3.63) is 63.6 Å². The minimum absolute atomic E-state index is 0.0470. The number of nitrogens with two attached hydrogens (primary N) is 1. The number of nitrogens with one attached hydrogen (secondary N) is 1. The highest BCUT2D eigenvalue weighted by molar-refractivity contribution is 9.10. The van der Waals surface area contributed by atoms with Gasteiger partial charge < -0.3 is 10.5 Å². The highest BCUT2D eigenvalue weighted by Crippen LogP contribution is 2.23. The van der Waals surface area contributed by atoms with Gasteiger partial charge >= 0.3 is 0 Å². The third-order valence-electron chi connectivity index (χ3n) is 2.84. The highest BCUT2D eigenvalue weighted by Gasteiger charge is 2.05. The van der Waals surface area contributed by atoms with Gasteiger partial charge in [0.15, 0.2) is 0 Å². The topological polar surface area (TPSA) is 59.1 Å². The zero-order chi connectivity index (χ0) is 13.8. The van der Waals surface area contributed by atoms with E-state index in [9.17, 15) is 0 Å². The summed E-state index contributed by atoms with van der Waals surface area (Å²) in [6.45, 7) is 2.45. The Kier molecular flexibility index (Phi) is 4.22. The number of rotatable bonds is 4. The zero-order valence-corrected chi connectivity index (χ0v) is 12.2. The van der Waals surface area contributed by atoms with Crippen molar-refractivity contribution in [2.75, 3.05) is 0 Å². The number of aryl methyl sites for hydroxylation is 1. The number of benzene rings is 2. The standard InChI is InChI=1S/C15H15BrN2O/c1-10-6-7-11(15(17)18)8-14(10)19-9-12-4-2-3-5-13(12)16/h2-8H,9H2,1H3,(H3,17,18). The Hall–Kier alpha value is -1.81. The average molecular weight is 319 g/mol. The van der Waals surface area contributed by atoms with E-state index in [-0.39, 0.29) is 5.84 Å². The molecule has 0 spiro atoms. The van der Waals surface area contributed by atoms with Crippen LogP contribution in [0.2, 0.25) is 0 Å². The molecule has 3 nitrogen and oxygen atoms in total. The van der Waals surface area contributed by atoms with Gasteiger partial charge in [-0.2, -0.15) is 0 Å². The van der Waals surface area contributed by atoms with Crippen LogP contribution in [0.25, 0.3) is 0 Å². The molecule has 19 heavy (non-hydrogen) atoms. The molecule has 0 amide bonds. The Labute approximate surface area is 121 Å². The lowest BCUT2D eigenvalue weighted by Gasteiger charge is -2.11. The van der Waals surface area contributed by atoms with Gasteiger partial charge in [-0.3, -0.25) is 5.41 Å². The van der Waals surface area contributed by atoms with Gasteiger partial charge in [-0.25, -0.2) is 0 Å². The van der Waals surface area contributed by atoms with Crippen LogP contribution >= 0.6 is 15.9 Å². The predicted octanol–water partition coefficient (Wildman–Crippen LogP) is 3.62. The summed E-state index contributed by atoms with van der Waals surface area (Å²) >= 11 is 3.49. The van der Waals surface area contributed by atoms with Gasteiger partial charge in [0, 0.05) is 15.6 Å². The van der Waals surface area contributed by atoms with E-state index in [0.29, 0.717) is 12.2 Å². The van der Waals surface area contributed by atoms with Gasteiger partial charge in [-0.15, -0.1) is 0 Å². The lowest BCUT2D eigenvalue weighted by atomic mass is 10.1. The summed E-state index contributed by atoms with van der Waals surface area (Å²) < 4.78 is 6.84. The molecule has 0 atom stereocenters. The molecule has 0 aliphatic carbocycles. The van der Waals surface area contributed by atoms with E-state index in [0.717, 1.165) is 21.3 Å². The number of amidine groups is 1. The third kappa shape index (κ3) is 3.35. The van der Waals surface area contributed by atoms with Crippen LogP contribution < -0.4 is 10.5 Å². The van der Waals surface area contributed by atoms with Gasteiger partial charge in [0.05, 0.1) is 0 Å². The van der Waals surface area contributed by atoms with Crippen molar-refractivity contribution >= 4 is 21.8 Å². The molecule has 2 rings (SSSR count). The maximum absolute atomic E-state index is 7.45. The van der Waals surface area contributed by atoms with Crippen molar-refractivity contribution in [2.24, 2.45) is 5.73 Å². The van der Waals surface area contributed by atoms with Crippen molar-refractivity contribution in [3.63, 3.8) is 0 Å². The lowest BCUT2D eigenvalue weighted by molar-refractivity contribution is 0.303. The summed E-state index contributed by atoms with van der Waals surface area (Å²) in [5, 5.41) is 7.45. The summed E-state index contributed by atoms with van der Waals surface area (Å²) in [5.74, 6) is 0.800. The largest absolute Gasteiger partial charge is 0.489 e. The van der Waals surface area contributed by atoms with Gasteiger partial charge in [0.2, 0.25) is 0 Å². The highest BCUT2D eigenvalue weighted by atomic mass is 79.9. The molecule has 0 heterocycles. The van der Waals surface area contributed by atoms with Crippen LogP contribution in [-0.2, 0) is 6.61 Å². The molecule has 0 unspecified atom stereocenters. The average Bonchev–Trinajstić information content (AvgIpc) is 2.39. The molecule has 0 bridgehead atoms. The van der Waals surface area contributed by atoms with Crippen LogP contribution in [0, 0.1) is 12.3 Å². The first kappa shape index (κ1) is 13.6. The van der Waals surface area contributed by atoms with E-state index in [4.69, 9.17) is 15.9 Å². The minimum atomic E-state index is 0.0470. The minimum Gasteiger partial charge on any atom is -0.489 e. The first-order chi connectivity index (χ1) is 9.08. The van der Waals surface area contributed by atoms with Crippen molar-refractivity contribution in [1.29, 1.82) is 5.41 Å². The fraction of sp³-hybridized carbons (Fsp3) is 0.133. The quantitative estimate of drug-likeness (QED) is 0.668. The predicted molar refractivity (Wildman–Crippen MR) is 80.7 cm³/mol. The van der Waals surface area contributed by atoms with E-state index < -0.39 is 0 Å². The molecule has 2 aromatic rings. The summed E-state index contributed by atoms with van der Waals surface area (Å²) in [5.41, 5.74) is 8.26. The normalized spacial score (nSPS) is 10.2. The third-order valence-corrected chi connectivity index (χ3v) is 3.61. The van der Waals surface area contributed by atoms with Crippen LogP contribution in [0.4, 0.5) is 0 Å². The van der Waals surface area contributed by atoms with Crippen molar-refractivity contribution in [1.82, 2.24) is 0 Å². The molecular weight excluding hydrogens is 304 g/mol. The summed E-state index contributed by atoms with van der Waals surface area (Å²) in [7, 11) is 0. The molecule has 0 aliphatic heterocycles. The van der Waals surface area contributed by atoms with Crippen LogP contribution in [0.15, 0.2) is 46.9 Å². The van der Waals surface area contributed by atoms with Gasteiger partial charge in [-0.1, -0.05) is 46.3 Å². The SMILES string of the molecule is Cc1ccc(C(=N)N)cc1OCc1ccccc1Br. The van der Waals surface area contributed by atoms with E-state index in [1.165, 1.54) is 0 Å². The molecule has 4 heteroatoms. The van der Waals surface area contributed by atoms with Gasteiger partial charge in [0.1, 0.15) is 18.2 Å². The molecule has 0 aromatic heterocycles. The first-order valence-electron chi connectivity index (χ1n) is 5.89. The number of hydrogen-bond acceptors (Lipinski definition) is 2. The van der Waals surface area contributed by atoms with E-state index in [1.807, 2.05) is 43.3 Å². The fourth-order valence-electron chi connectivity index (χ4n) is 1.69. The lowest BCUT2D eigenvalue weighted by Crippen LogP contribution is -2.11. The smallest absolute Gasteiger partial charge is 0.123 e. The summed E-state index contributed by atoms with van der Waals surface area (Å²) in [6, 6.07) is 13.5. The molecule has 0 aliphatic rings. The maximum Gasteiger partial charge on any atom is 0.123 e. The first-order valence-corrected chi connectivity index (χ1v) is 6.68. The summed E-state index contributed by atoms with van der Waals surface area (Å²) in [4.78, 5) is 0. The second kappa shape index (κ2) is 5.89. The van der Waals surface area contributed by atoms with E-state index in [2.05, 4.69) is 15.9 Å². The van der Waals surface area contributed by atoms with Gasteiger partial charge in [-0.05, 0) is 24.6 Å². The number of nitrogen functional groups attached to an aromatic ring is 1. The Morgan fingerprint density at radius 1 is 1.26 bits per heavy atom. The van der Waals surface area contributed by atoms with Crippen molar-refractivity contribution in [3.8, 4) is 5.75 Å². The van der Waals surface area contributed by atoms with E-state index >= 15 is 0 Å². The van der Waals surface area contributed by atoms with Crippen LogP contribution in [0.5, 0.6) is 5.75 Å². The van der Waals surface area contributed by atoms with Crippen LogP contribution in [-0.4, -0.2) is 5.84 Å². The zero-order valence-electron chi connectivity index (χ0n) is 10.6.